The SMILES string of the molecule is C=C1CC(O)C2OC3(C(C)C(=O)OC3C1Cl)C(OC(C)=O)C1C(C)(OC(C)=O)CC=CC21C. The summed E-state index contributed by atoms with van der Waals surface area (Å²) in [6.45, 7) is 11.9. The summed E-state index contributed by atoms with van der Waals surface area (Å²) >= 11 is 6.74. The van der Waals surface area contributed by atoms with Crippen LogP contribution in [0.25, 0.3) is 0 Å². The first-order chi connectivity index (χ1) is 15.3. The van der Waals surface area contributed by atoms with Gasteiger partial charge < -0.3 is 24.1 Å². The smallest absolute Gasteiger partial charge is 0.312 e. The zero-order valence-electron chi connectivity index (χ0n) is 19.5. The van der Waals surface area contributed by atoms with Gasteiger partial charge in [-0.2, -0.15) is 0 Å². The summed E-state index contributed by atoms with van der Waals surface area (Å²) < 4.78 is 24.2. The summed E-state index contributed by atoms with van der Waals surface area (Å²) in [5.74, 6) is -3.16. The molecule has 4 aliphatic rings. The number of aliphatic hydroxyl groups excluding tert-OH is 1. The van der Waals surface area contributed by atoms with E-state index >= 15 is 0 Å². The number of fused-ring (bicyclic) bond motifs is 3. The Hall–Kier alpha value is -1.90. The summed E-state index contributed by atoms with van der Waals surface area (Å²) in [5, 5.41) is 10.4. The molecule has 3 saturated heterocycles. The van der Waals surface area contributed by atoms with E-state index in [1.165, 1.54) is 13.8 Å². The van der Waals surface area contributed by atoms with Crippen LogP contribution in [0.15, 0.2) is 24.3 Å². The normalized spacial score (nSPS) is 48.6. The summed E-state index contributed by atoms with van der Waals surface area (Å²) in [6, 6.07) is 0. The lowest BCUT2D eigenvalue weighted by atomic mass is 9.52. The fourth-order valence-corrected chi connectivity index (χ4v) is 6.95. The van der Waals surface area contributed by atoms with Crippen molar-refractivity contribution in [2.75, 3.05) is 0 Å². The lowest BCUT2D eigenvalue weighted by Gasteiger charge is -2.63. The van der Waals surface area contributed by atoms with Crippen molar-refractivity contribution >= 4 is 29.5 Å². The van der Waals surface area contributed by atoms with Gasteiger partial charge in [-0.1, -0.05) is 31.2 Å². The van der Waals surface area contributed by atoms with Crippen molar-refractivity contribution in [3.05, 3.63) is 24.3 Å². The van der Waals surface area contributed by atoms with Crippen LogP contribution < -0.4 is 0 Å². The highest BCUT2D eigenvalue weighted by atomic mass is 35.5. The molecule has 3 heterocycles. The number of ether oxygens (including phenoxy) is 4. The number of halogens is 1. The minimum atomic E-state index is -1.51. The fourth-order valence-electron chi connectivity index (χ4n) is 6.61. The van der Waals surface area contributed by atoms with Gasteiger partial charge in [-0.05, 0) is 20.3 Å². The molecule has 2 bridgehead atoms. The van der Waals surface area contributed by atoms with E-state index in [0.717, 1.165) is 0 Å². The molecule has 0 aromatic carbocycles. The molecule has 8 nitrogen and oxygen atoms in total. The van der Waals surface area contributed by atoms with E-state index < -0.39 is 76.2 Å². The largest absolute Gasteiger partial charge is 0.459 e. The number of hydrogen-bond acceptors (Lipinski definition) is 8. The second-order valence-electron chi connectivity index (χ2n) is 10.2. The van der Waals surface area contributed by atoms with Gasteiger partial charge in [0.15, 0.2) is 11.7 Å². The molecule has 0 radical (unpaired) electrons. The van der Waals surface area contributed by atoms with Gasteiger partial charge >= 0.3 is 17.9 Å². The molecule has 0 aromatic heterocycles. The highest BCUT2D eigenvalue weighted by Crippen LogP contribution is 2.62. The molecule has 1 N–H and O–H groups in total. The standard InChI is InChI=1S/C24H31ClO8/c1-11-10-15(28)18-22(5)8-7-9-23(6,32-14(4)27)17(22)20(30-13(3)26)24(33-18)12(2)21(29)31-19(24)16(11)25/h7-8,12,15-20,28H,1,9-10H2,2-6H3. The molecule has 9 heteroatoms. The van der Waals surface area contributed by atoms with E-state index in [2.05, 4.69) is 6.58 Å². The average molecular weight is 483 g/mol. The van der Waals surface area contributed by atoms with Crippen LogP contribution in [0.2, 0.25) is 0 Å². The van der Waals surface area contributed by atoms with E-state index in [1.807, 2.05) is 19.1 Å². The molecule has 0 aromatic rings. The molecule has 3 fully saturated rings. The van der Waals surface area contributed by atoms with Crippen molar-refractivity contribution in [2.24, 2.45) is 17.3 Å². The second kappa shape index (κ2) is 7.82. The van der Waals surface area contributed by atoms with E-state index in [1.54, 1.807) is 13.8 Å². The molecular formula is C24H31ClO8. The number of rotatable bonds is 2. The Morgan fingerprint density at radius 1 is 1.24 bits per heavy atom. The Bertz CT molecular complexity index is 931. The third kappa shape index (κ3) is 3.36. The molecule has 182 valence electrons. The first-order valence-corrected chi connectivity index (χ1v) is 11.6. The van der Waals surface area contributed by atoms with Crippen LogP contribution in [-0.2, 0) is 33.3 Å². The molecule has 33 heavy (non-hydrogen) atoms. The first kappa shape index (κ1) is 24.2. The van der Waals surface area contributed by atoms with E-state index in [0.29, 0.717) is 12.0 Å². The van der Waals surface area contributed by atoms with Gasteiger partial charge in [0.2, 0.25) is 0 Å². The second-order valence-corrected chi connectivity index (χ2v) is 10.7. The molecule has 10 unspecified atom stereocenters. The number of esters is 3. The first-order valence-electron chi connectivity index (χ1n) is 11.2. The van der Waals surface area contributed by atoms with Crippen LogP contribution in [0.1, 0.15) is 47.5 Å². The van der Waals surface area contributed by atoms with Crippen LogP contribution in [0.5, 0.6) is 0 Å². The molecule has 4 rings (SSSR count). The van der Waals surface area contributed by atoms with Gasteiger partial charge in [0, 0.05) is 25.7 Å². The summed E-state index contributed by atoms with van der Waals surface area (Å²) in [6.07, 6.45) is 0.371. The van der Waals surface area contributed by atoms with Crippen LogP contribution in [0.4, 0.5) is 0 Å². The Kier molecular flexibility index (Phi) is 5.74. The fraction of sp³-hybridized carbons (Fsp3) is 0.708. The monoisotopic (exact) mass is 482 g/mol. The van der Waals surface area contributed by atoms with Crippen molar-refractivity contribution in [1.82, 2.24) is 0 Å². The third-order valence-electron chi connectivity index (χ3n) is 7.88. The number of aliphatic hydroxyl groups is 1. The zero-order valence-corrected chi connectivity index (χ0v) is 20.3. The van der Waals surface area contributed by atoms with E-state index in [4.69, 9.17) is 30.5 Å². The predicted octanol–water partition coefficient (Wildman–Crippen LogP) is 2.45. The van der Waals surface area contributed by atoms with Gasteiger partial charge in [-0.3, -0.25) is 14.4 Å². The highest BCUT2D eigenvalue weighted by molar-refractivity contribution is 6.23. The predicted molar refractivity (Wildman–Crippen MR) is 117 cm³/mol. The number of carbonyl (C=O) groups excluding carboxylic acids is 3. The Balaban J connectivity index is 2.02. The lowest BCUT2D eigenvalue weighted by Crippen LogP contribution is -2.76. The summed E-state index contributed by atoms with van der Waals surface area (Å²) in [7, 11) is 0. The summed E-state index contributed by atoms with van der Waals surface area (Å²) in [4.78, 5) is 37.5. The maximum absolute atomic E-state index is 12.9. The van der Waals surface area contributed by atoms with Crippen molar-refractivity contribution in [2.45, 2.75) is 88.5 Å². The van der Waals surface area contributed by atoms with Crippen molar-refractivity contribution in [3.63, 3.8) is 0 Å². The quantitative estimate of drug-likeness (QED) is 0.277. The molecule has 1 spiro atoms. The Morgan fingerprint density at radius 2 is 1.91 bits per heavy atom. The molecule has 0 amide bonds. The maximum atomic E-state index is 12.9. The van der Waals surface area contributed by atoms with Crippen LogP contribution in [-0.4, -0.2) is 64.0 Å². The Morgan fingerprint density at radius 3 is 2.52 bits per heavy atom. The average Bonchev–Trinajstić information content (AvgIpc) is 2.93. The van der Waals surface area contributed by atoms with E-state index in [-0.39, 0.29) is 6.42 Å². The maximum Gasteiger partial charge on any atom is 0.312 e. The van der Waals surface area contributed by atoms with Crippen LogP contribution in [0.3, 0.4) is 0 Å². The van der Waals surface area contributed by atoms with Gasteiger partial charge in [-0.15, -0.1) is 11.6 Å². The van der Waals surface area contributed by atoms with Crippen LogP contribution in [0, 0.1) is 17.3 Å². The molecular weight excluding hydrogens is 452 g/mol. The third-order valence-corrected chi connectivity index (χ3v) is 8.42. The summed E-state index contributed by atoms with van der Waals surface area (Å²) in [5.41, 5.74) is -3.04. The topological polar surface area (TPSA) is 108 Å². The van der Waals surface area contributed by atoms with Gasteiger partial charge in [0.05, 0.1) is 29.4 Å². The molecule has 1 aliphatic carbocycles. The Labute approximate surface area is 198 Å². The minimum absolute atomic E-state index is 0.135. The van der Waals surface area contributed by atoms with Crippen molar-refractivity contribution in [3.8, 4) is 0 Å². The highest BCUT2D eigenvalue weighted by Gasteiger charge is 2.76. The van der Waals surface area contributed by atoms with Gasteiger partial charge in [0.25, 0.3) is 0 Å². The molecule has 0 saturated carbocycles. The minimum Gasteiger partial charge on any atom is -0.459 e. The number of carbonyl (C=O) groups is 3. The number of alkyl halides is 1. The molecule has 10 atom stereocenters. The number of hydrogen-bond donors (Lipinski definition) is 1. The van der Waals surface area contributed by atoms with Crippen LogP contribution >= 0.6 is 11.6 Å². The van der Waals surface area contributed by atoms with E-state index in [9.17, 15) is 19.5 Å². The van der Waals surface area contributed by atoms with Gasteiger partial charge in [0.1, 0.15) is 11.7 Å². The van der Waals surface area contributed by atoms with Gasteiger partial charge in [-0.25, -0.2) is 0 Å². The van der Waals surface area contributed by atoms with Crippen molar-refractivity contribution < 1.29 is 38.4 Å². The molecule has 3 aliphatic heterocycles. The lowest BCUT2D eigenvalue weighted by molar-refractivity contribution is -0.322. The van der Waals surface area contributed by atoms with Crippen molar-refractivity contribution in [1.29, 1.82) is 0 Å². The zero-order chi connectivity index (χ0) is 24.5.